The van der Waals surface area contributed by atoms with Crippen molar-refractivity contribution in [3.63, 3.8) is 0 Å². The van der Waals surface area contributed by atoms with Gasteiger partial charge in [0, 0.05) is 13.1 Å². The maximum atomic E-state index is 12.7. The van der Waals surface area contributed by atoms with Crippen molar-refractivity contribution in [3.05, 3.63) is 0 Å². The van der Waals surface area contributed by atoms with Crippen molar-refractivity contribution >= 4 is 5.91 Å². The molecule has 2 aliphatic heterocycles. The van der Waals surface area contributed by atoms with Gasteiger partial charge in [0.15, 0.2) is 0 Å². The summed E-state index contributed by atoms with van der Waals surface area (Å²) in [4.78, 5) is 14.7. The van der Waals surface area contributed by atoms with E-state index in [2.05, 4.69) is 39.9 Å². The maximum absolute atomic E-state index is 12.7. The number of hydrogen-bond acceptors (Lipinski definition) is 3. The SMILES string of the molecule is CC1CCCNC1C(=O)N1CC(C)(C)OC(C)(C)C1. The summed E-state index contributed by atoms with van der Waals surface area (Å²) < 4.78 is 6.04. The second-order valence-corrected chi connectivity index (χ2v) is 7.37. The van der Waals surface area contributed by atoms with Crippen molar-refractivity contribution < 1.29 is 9.53 Å². The minimum Gasteiger partial charge on any atom is -0.366 e. The lowest BCUT2D eigenvalue weighted by atomic mass is 9.90. The molecular formula is C15H28N2O2. The summed E-state index contributed by atoms with van der Waals surface area (Å²) in [5.74, 6) is 0.673. The van der Waals surface area contributed by atoms with Crippen molar-refractivity contribution in [2.75, 3.05) is 19.6 Å². The number of morpholine rings is 1. The lowest BCUT2D eigenvalue weighted by Crippen LogP contribution is -2.62. The van der Waals surface area contributed by atoms with E-state index >= 15 is 0 Å². The van der Waals surface area contributed by atoms with Gasteiger partial charge in [0.1, 0.15) is 0 Å². The van der Waals surface area contributed by atoms with E-state index in [9.17, 15) is 4.79 Å². The molecule has 2 aliphatic rings. The van der Waals surface area contributed by atoms with Gasteiger partial charge in [0.05, 0.1) is 17.2 Å². The molecule has 4 nitrogen and oxygen atoms in total. The van der Waals surface area contributed by atoms with Gasteiger partial charge in [-0.2, -0.15) is 0 Å². The molecule has 4 heteroatoms. The summed E-state index contributed by atoms with van der Waals surface area (Å²) in [7, 11) is 0. The van der Waals surface area contributed by atoms with Gasteiger partial charge in [-0.3, -0.25) is 4.79 Å². The van der Waals surface area contributed by atoms with Crippen LogP contribution in [0.25, 0.3) is 0 Å². The van der Waals surface area contributed by atoms with Crippen molar-refractivity contribution in [2.24, 2.45) is 5.92 Å². The molecule has 0 aliphatic carbocycles. The first-order chi connectivity index (χ1) is 8.70. The third kappa shape index (κ3) is 3.48. The third-order valence-electron chi connectivity index (χ3n) is 4.04. The molecule has 1 N–H and O–H groups in total. The molecule has 110 valence electrons. The number of rotatable bonds is 1. The van der Waals surface area contributed by atoms with Gasteiger partial charge in [-0.15, -0.1) is 0 Å². The molecule has 2 heterocycles. The highest BCUT2D eigenvalue weighted by atomic mass is 16.5. The molecule has 2 saturated heterocycles. The third-order valence-corrected chi connectivity index (χ3v) is 4.04. The Morgan fingerprint density at radius 1 is 1.21 bits per heavy atom. The van der Waals surface area contributed by atoms with Gasteiger partial charge in [0.2, 0.25) is 5.91 Å². The summed E-state index contributed by atoms with van der Waals surface area (Å²) in [6.07, 6.45) is 2.31. The predicted octanol–water partition coefficient (Wildman–Crippen LogP) is 1.79. The van der Waals surface area contributed by atoms with Crippen molar-refractivity contribution in [2.45, 2.75) is 64.7 Å². The number of ether oxygens (including phenoxy) is 1. The van der Waals surface area contributed by atoms with E-state index in [0.717, 1.165) is 13.0 Å². The van der Waals surface area contributed by atoms with Crippen LogP contribution in [-0.4, -0.2) is 47.7 Å². The lowest BCUT2D eigenvalue weighted by Gasteiger charge is -2.48. The zero-order valence-electron chi connectivity index (χ0n) is 13.0. The topological polar surface area (TPSA) is 41.6 Å². The molecule has 2 fully saturated rings. The summed E-state index contributed by atoms with van der Waals surface area (Å²) >= 11 is 0. The summed E-state index contributed by atoms with van der Waals surface area (Å²) in [5, 5.41) is 3.39. The van der Waals surface area contributed by atoms with Gasteiger partial charge in [-0.25, -0.2) is 0 Å². The normalized spacial score (nSPS) is 34.1. The Kier molecular flexibility index (Phi) is 3.94. The van der Waals surface area contributed by atoms with Crippen LogP contribution in [0.5, 0.6) is 0 Å². The number of amides is 1. The number of carbonyl (C=O) groups excluding carboxylic acids is 1. The molecule has 0 bridgehead atoms. The zero-order chi connectivity index (χ0) is 14.3. The second kappa shape index (κ2) is 5.06. The van der Waals surface area contributed by atoms with Crippen molar-refractivity contribution in [1.82, 2.24) is 10.2 Å². The van der Waals surface area contributed by atoms with Crippen LogP contribution in [0.3, 0.4) is 0 Å². The lowest BCUT2D eigenvalue weighted by molar-refractivity contribution is -0.189. The average molecular weight is 268 g/mol. The Bertz CT molecular complexity index is 336. The fraction of sp³-hybridized carbons (Fsp3) is 0.933. The predicted molar refractivity (Wildman–Crippen MR) is 76.0 cm³/mol. The molecule has 19 heavy (non-hydrogen) atoms. The maximum Gasteiger partial charge on any atom is 0.240 e. The van der Waals surface area contributed by atoms with Crippen LogP contribution in [0.4, 0.5) is 0 Å². The number of carbonyl (C=O) groups is 1. The molecule has 2 unspecified atom stereocenters. The van der Waals surface area contributed by atoms with Gasteiger partial charge < -0.3 is 15.0 Å². The Morgan fingerprint density at radius 3 is 2.32 bits per heavy atom. The van der Waals surface area contributed by atoms with E-state index in [-0.39, 0.29) is 23.2 Å². The summed E-state index contributed by atoms with van der Waals surface area (Å²) in [6.45, 7) is 12.7. The van der Waals surface area contributed by atoms with E-state index in [1.165, 1.54) is 6.42 Å². The number of nitrogens with zero attached hydrogens (tertiary/aromatic N) is 1. The Balaban J connectivity index is 2.09. The van der Waals surface area contributed by atoms with Crippen LogP contribution in [0.15, 0.2) is 0 Å². The van der Waals surface area contributed by atoms with Crippen molar-refractivity contribution in [1.29, 1.82) is 0 Å². The summed E-state index contributed by atoms with van der Waals surface area (Å²) in [6, 6.07) is -0.0153. The zero-order valence-corrected chi connectivity index (χ0v) is 13.0. The highest BCUT2D eigenvalue weighted by Crippen LogP contribution is 2.29. The fourth-order valence-electron chi connectivity index (χ4n) is 3.52. The van der Waals surface area contributed by atoms with E-state index < -0.39 is 0 Å². The number of nitrogens with one attached hydrogen (secondary N) is 1. The van der Waals surface area contributed by atoms with Crippen LogP contribution in [0, 0.1) is 5.92 Å². The Hall–Kier alpha value is -0.610. The monoisotopic (exact) mass is 268 g/mol. The van der Waals surface area contributed by atoms with E-state index in [1.54, 1.807) is 0 Å². The van der Waals surface area contributed by atoms with Gasteiger partial charge in [-0.05, 0) is 53.0 Å². The molecule has 2 rings (SSSR count). The molecule has 0 saturated carbocycles. The number of hydrogen-bond donors (Lipinski definition) is 1. The summed E-state index contributed by atoms with van der Waals surface area (Å²) in [5.41, 5.74) is -0.537. The van der Waals surface area contributed by atoms with Crippen LogP contribution in [0.1, 0.15) is 47.5 Å². The first kappa shape index (κ1) is 14.8. The quantitative estimate of drug-likeness (QED) is 0.788. The Labute approximate surface area is 116 Å². The highest BCUT2D eigenvalue weighted by Gasteiger charge is 2.42. The smallest absolute Gasteiger partial charge is 0.240 e. The average Bonchev–Trinajstić information content (AvgIpc) is 2.24. The van der Waals surface area contributed by atoms with Gasteiger partial charge >= 0.3 is 0 Å². The van der Waals surface area contributed by atoms with Crippen LogP contribution >= 0.6 is 0 Å². The van der Waals surface area contributed by atoms with E-state index in [1.807, 2.05) is 4.90 Å². The fourth-order valence-corrected chi connectivity index (χ4v) is 3.52. The molecule has 2 atom stereocenters. The minimum atomic E-state index is -0.269. The molecule has 0 aromatic rings. The molecule has 0 aromatic carbocycles. The Morgan fingerprint density at radius 2 is 1.79 bits per heavy atom. The van der Waals surface area contributed by atoms with E-state index in [4.69, 9.17) is 4.74 Å². The standard InChI is InChI=1S/C15H28N2O2/c1-11-7-6-8-16-12(11)13(18)17-9-14(2,3)19-15(4,5)10-17/h11-12,16H,6-10H2,1-5H3. The molecular weight excluding hydrogens is 240 g/mol. The van der Waals surface area contributed by atoms with Crippen LogP contribution in [0.2, 0.25) is 0 Å². The minimum absolute atomic E-state index is 0.0153. The first-order valence-electron chi connectivity index (χ1n) is 7.43. The largest absolute Gasteiger partial charge is 0.366 e. The highest BCUT2D eigenvalue weighted by molar-refractivity contribution is 5.82. The number of piperidine rings is 1. The molecule has 0 spiro atoms. The second-order valence-electron chi connectivity index (χ2n) is 7.37. The molecule has 1 amide bonds. The molecule has 0 radical (unpaired) electrons. The van der Waals surface area contributed by atoms with Crippen LogP contribution < -0.4 is 5.32 Å². The van der Waals surface area contributed by atoms with Gasteiger partial charge in [0.25, 0.3) is 0 Å². The molecule has 0 aromatic heterocycles. The van der Waals surface area contributed by atoms with Crippen molar-refractivity contribution in [3.8, 4) is 0 Å². The first-order valence-corrected chi connectivity index (χ1v) is 7.43. The van der Waals surface area contributed by atoms with Gasteiger partial charge in [-0.1, -0.05) is 6.92 Å². The van der Waals surface area contributed by atoms with E-state index in [0.29, 0.717) is 19.0 Å². The van der Waals surface area contributed by atoms with Crippen LogP contribution in [-0.2, 0) is 9.53 Å².